The number of hydrogen-bond donors (Lipinski definition) is 0. The van der Waals surface area contributed by atoms with E-state index in [1.54, 1.807) is 36.0 Å². The van der Waals surface area contributed by atoms with Crippen LogP contribution in [-0.2, 0) is 17.8 Å². The van der Waals surface area contributed by atoms with Crippen LogP contribution < -0.4 is 11.2 Å². The maximum absolute atomic E-state index is 13.3. The minimum absolute atomic E-state index is 0.0705. The third-order valence-electron chi connectivity index (χ3n) is 5.65. The van der Waals surface area contributed by atoms with Crippen LogP contribution in [0.15, 0.2) is 67.5 Å². The van der Waals surface area contributed by atoms with Crippen molar-refractivity contribution >= 4 is 22.7 Å². The molecular formula is C23H22N4O4S. The van der Waals surface area contributed by atoms with Gasteiger partial charge in [-0.05, 0) is 55.5 Å². The van der Waals surface area contributed by atoms with Crippen LogP contribution in [0.5, 0.6) is 0 Å². The molecule has 1 saturated heterocycles. The summed E-state index contributed by atoms with van der Waals surface area (Å²) in [4.78, 5) is 32.0. The summed E-state index contributed by atoms with van der Waals surface area (Å²) in [6.07, 6.45) is 3.65. The summed E-state index contributed by atoms with van der Waals surface area (Å²) in [5.74, 6) is 0.751. The van der Waals surface area contributed by atoms with Crippen molar-refractivity contribution in [1.82, 2.24) is 19.3 Å². The van der Waals surface area contributed by atoms with E-state index in [1.807, 2.05) is 30.5 Å². The zero-order valence-electron chi connectivity index (χ0n) is 17.6. The number of nitrogens with zero attached hydrogens (tertiary/aromatic N) is 4. The van der Waals surface area contributed by atoms with Gasteiger partial charge >= 0.3 is 5.69 Å². The van der Waals surface area contributed by atoms with Gasteiger partial charge in [-0.25, -0.2) is 4.79 Å². The molecule has 0 bridgehead atoms. The van der Waals surface area contributed by atoms with Crippen molar-refractivity contribution < 1.29 is 9.26 Å². The van der Waals surface area contributed by atoms with E-state index in [2.05, 4.69) is 10.1 Å². The Morgan fingerprint density at radius 3 is 2.66 bits per heavy atom. The number of benzene rings is 2. The molecule has 9 heteroatoms. The van der Waals surface area contributed by atoms with Crippen LogP contribution in [0.25, 0.3) is 22.3 Å². The Labute approximate surface area is 187 Å². The normalized spacial score (nSPS) is 16.1. The van der Waals surface area contributed by atoms with Crippen molar-refractivity contribution in [2.75, 3.05) is 12.9 Å². The molecule has 32 heavy (non-hydrogen) atoms. The lowest BCUT2D eigenvalue weighted by atomic mass is 10.2. The summed E-state index contributed by atoms with van der Waals surface area (Å²) in [7, 11) is 0. The molecule has 1 aliphatic rings. The van der Waals surface area contributed by atoms with Gasteiger partial charge in [0.1, 0.15) is 6.54 Å². The molecule has 1 fully saturated rings. The maximum Gasteiger partial charge on any atom is 0.332 e. The largest absolute Gasteiger partial charge is 0.376 e. The van der Waals surface area contributed by atoms with Gasteiger partial charge in [0, 0.05) is 17.1 Å². The van der Waals surface area contributed by atoms with Crippen molar-refractivity contribution in [2.24, 2.45) is 0 Å². The fraction of sp³-hybridized carbons (Fsp3) is 0.304. The van der Waals surface area contributed by atoms with Gasteiger partial charge in [-0.1, -0.05) is 17.3 Å². The highest BCUT2D eigenvalue weighted by Gasteiger charge is 2.21. The van der Waals surface area contributed by atoms with E-state index >= 15 is 0 Å². The number of para-hydroxylation sites is 1. The lowest BCUT2D eigenvalue weighted by Gasteiger charge is -2.15. The van der Waals surface area contributed by atoms with E-state index < -0.39 is 5.69 Å². The van der Waals surface area contributed by atoms with Crippen molar-refractivity contribution in [3.63, 3.8) is 0 Å². The van der Waals surface area contributed by atoms with Crippen LogP contribution in [0.4, 0.5) is 0 Å². The van der Waals surface area contributed by atoms with Crippen LogP contribution in [0, 0.1) is 0 Å². The quantitative estimate of drug-likeness (QED) is 0.417. The minimum atomic E-state index is -0.409. The number of hydrogen-bond acceptors (Lipinski definition) is 7. The molecule has 0 N–H and O–H groups in total. The van der Waals surface area contributed by atoms with Gasteiger partial charge in [-0.3, -0.25) is 13.9 Å². The Bertz CT molecular complexity index is 1370. The Kier molecular flexibility index (Phi) is 5.67. The van der Waals surface area contributed by atoms with E-state index in [-0.39, 0.29) is 24.8 Å². The van der Waals surface area contributed by atoms with E-state index in [9.17, 15) is 9.59 Å². The maximum atomic E-state index is 13.3. The van der Waals surface area contributed by atoms with E-state index in [1.165, 1.54) is 9.13 Å². The molecule has 3 heterocycles. The Balaban J connectivity index is 1.53. The second-order valence-electron chi connectivity index (χ2n) is 7.68. The molecule has 1 aliphatic heterocycles. The highest BCUT2D eigenvalue weighted by molar-refractivity contribution is 7.98. The smallest absolute Gasteiger partial charge is 0.332 e. The number of thioether (sulfide) groups is 1. The first-order valence-corrected chi connectivity index (χ1v) is 11.7. The molecule has 2 aromatic heterocycles. The van der Waals surface area contributed by atoms with Crippen LogP contribution in [0.3, 0.4) is 0 Å². The third kappa shape index (κ3) is 3.89. The van der Waals surface area contributed by atoms with Crippen molar-refractivity contribution in [2.45, 2.75) is 36.9 Å². The lowest BCUT2D eigenvalue weighted by molar-refractivity contribution is 0.0948. The molecule has 0 aliphatic carbocycles. The summed E-state index contributed by atoms with van der Waals surface area (Å²) >= 11 is 1.66. The van der Waals surface area contributed by atoms with Crippen molar-refractivity contribution in [3.05, 3.63) is 75.3 Å². The van der Waals surface area contributed by atoms with Crippen LogP contribution in [0.1, 0.15) is 18.7 Å². The number of ether oxygens (including phenoxy) is 1. The first-order valence-electron chi connectivity index (χ1n) is 10.4. The number of rotatable bonds is 6. The zero-order chi connectivity index (χ0) is 22.1. The topological polar surface area (TPSA) is 92.1 Å². The lowest BCUT2D eigenvalue weighted by Crippen LogP contribution is -2.42. The summed E-state index contributed by atoms with van der Waals surface area (Å²) in [5, 5.41) is 4.54. The number of fused-ring (bicyclic) bond motifs is 1. The van der Waals surface area contributed by atoms with Gasteiger partial charge in [0.2, 0.25) is 11.7 Å². The van der Waals surface area contributed by atoms with Gasteiger partial charge in [0.25, 0.3) is 5.56 Å². The zero-order valence-corrected chi connectivity index (χ0v) is 18.4. The molecule has 1 atom stereocenters. The average Bonchev–Trinajstić information content (AvgIpc) is 3.52. The van der Waals surface area contributed by atoms with Gasteiger partial charge in [-0.15, -0.1) is 11.8 Å². The highest BCUT2D eigenvalue weighted by Crippen LogP contribution is 2.21. The van der Waals surface area contributed by atoms with E-state index in [4.69, 9.17) is 9.26 Å². The third-order valence-corrected chi connectivity index (χ3v) is 6.40. The molecule has 164 valence electrons. The molecule has 0 amide bonds. The Hall–Kier alpha value is -3.17. The van der Waals surface area contributed by atoms with Gasteiger partial charge < -0.3 is 9.26 Å². The Morgan fingerprint density at radius 2 is 1.91 bits per heavy atom. The van der Waals surface area contributed by atoms with E-state index in [0.29, 0.717) is 29.2 Å². The fourth-order valence-electron chi connectivity index (χ4n) is 3.99. The predicted octanol–water partition coefficient (Wildman–Crippen LogP) is 3.16. The first-order chi connectivity index (χ1) is 15.6. The summed E-state index contributed by atoms with van der Waals surface area (Å²) in [6, 6.07) is 14.9. The van der Waals surface area contributed by atoms with Crippen LogP contribution in [0.2, 0.25) is 0 Å². The Morgan fingerprint density at radius 1 is 1.09 bits per heavy atom. The van der Waals surface area contributed by atoms with Crippen molar-refractivity contribution in [1.29, 1.82) is 0 Å². The van der Waals surface area contributed by atoms with Crippen LogP contribution in [-0.4, -0.2) is 38.2 Å². The van der Waals surface area contributed by atoms with Gasteiger partial charge in [0.15, 0.2) is 0 Å². The summed E-state index contributed by atoms with van der Waals surface area (Å²) in [5.41, 5.74) is 0.652. The molecule has 8 nitrogen and oxygen atoms in total. The second-order valence-corrected chi connectivity index (χ2v) is 8.56. The summed E-state index contributed by atoms with van der Waals surface area (Å²) in [6.45, 7) is 0.963. The first kappa shape index (κ1) is 20.7. The molecule has 2 aromatic carbocycles. The monoisotopic (exact) mass is 450 g/mol. The van der Waals surface area contributed by atoms with E-state index in [0.717, 1.165) is 23.3 Å². The van der Waals surface area contributed by atoms with Gasteiger partial charge in [-0.2, -0.15) is 4.98 Å². The number of aromatic nitrogens is 4. The molecular weight excluding hydrogens is 428 g/mol. The highest BCUT2D eigenvalue weighted by atomic mass is 32.2. The second kappa shape index (κ2) is 8.76. The molecule has 5 rings (SSSR count). The molecule has 0 radical (unpaired) electrons. The summed E-state index contributed by atoms with van der Waals surface area (Å²) < 4.78 is 13.9. The SMILES string of the molecule is CSc1ccc(-c2noc(Cn3c(=O)n(CC4CCCO4)c(=O)c4ccccc43)n2)cc1. The molecule has 0 spiro atoms. The predicted molar refractivity (Wildman–Crippen MR) is 122 cm³/mol. The standard InChI is InChI=1S/C23H22N4O4S/c1-32-17-10-8-15(9-11-17)21-24-20(31-25-21)14-26-19-7-3-2-6-18(19)22(28)27(23(26)29)13-16-5-4-12-30-16/h2-3,6-11,16H,4-5,12-14H2,1H3. The minimum Gasteiger partial charge on any atom is -0.376 e. The van der Waals surface area contributed by atoms with Crippen molar-refractivity contribution in [3.8, 4) is 11.4 Å². The van der Waals surface area contributed by atoms with Gasteiger partial charge in [0.05, 0.1) is 23.6 Å². The molecule has 4 aromatic rings. The molecule has 1 unspecified atom stereocenters. The van der Waals surface area contributed by atoms with Crippen LogP contribution >= 0.6 is 11.8 Å². The fourth-order valence-corrected chi connectivity index (χ4v) is 4.40. The molecule has 0 saturated carbocycles. The average molecular weight is 451 g/mol.